The van der Waals surface area contributed by atoms with E-state index in [9.17, 15) is 9.59 Å². The smallest absolute Gasteiger partial charge is 0.312 e. The third-order valence-electron chi connectivity index (χ3n) is 3.26. The van der Waals surface area contributed by atoms with E-state index in [2.05, 4.69) is 0 Å². The number of benzene rings is 1. The van der Waals surface area contributed by atoms with Crippen LogP contribution in [0, 0.1) is 0 Å². The van der Waals surface area contributed by atoms with Crippen molar-refractivity contribution in [3.63, 3.8) is 0 Å². The lowest BCUT2D eigenvalue weighted by Crippen LogP contribution is -2.30. The fraction of sp³-hybridized carbons (Fsp3) is 0.467. The fourth-order valence-corrected chi connectivity index (χ4v) is 1.92. The van der Waals surface area contributed by atoms with Gasteiger partial charge < -0.3 is 9.64 Å². The Kier molecular flexibility index (Phi) is 5.55. The van der Waals surface area contributed by atoms with Gasteiger partial charge in [0.2, 0.25) is 0 Å². The summed E-state index contributed by atoms with van der Waals surface area (Å²) in [5.74, 6) is -0.576. The Balaban J connectivity index is 2.87. The van der Waals surface area contributed by atoms with Crippen LogP contribution in [0.4, 0.5) is 0 Å². The summed E-state index contributed by atoms with van der Waals surface area (Å²) in [5.41, 5.74) is 1.49. The molecule has 0 heterocycles. The minimum Gasteiger partial charge on any atom is -0.469 e. The van der Waals surface area contributed by atoms with Gasteiger partial charge in [0.05, 0.1) is 13.0 Å². The van der Waals surface area contributed by atoms with E-state index in [1.165, 1.54) is 7.11 Å². The number of amides is 1. The highest BCUT2D eigenvalue weighted by atomic mass is 16.5. The van der Waals surface area contributed by atoms with Crippen molar-refractivity contribution in [2.45, 2.75) is 26.7 Å². The zero-order chi connectivity index (χ0) is 14.4. The second-order valence-electron chi connectivity index (χ2n) is 4.34. The van der Waals surface area contributed by atoms with Crippen molar-refractivity contribution in [1.82, 2.24) is 4.90 Å². The van der Waals surface area contributed by atoms with Gasteiger partial charge in [0.15, 0.2) is 0 Å². The number of ether oxygens (including phenoxy) is 1. The molecule has 4 nitrogen and oxygen atoms in total. The zero-order valence-electron chi connectivity index (χ0n) is 12.0. The van der Waals surface area contributed by atoms with Gasteiger partial charge in [-0.25, -0.2) is 0 Å². The first-order valence-corrected chi connectivity index (χ1v) is 6.52. The molecule has 4 heteroatoms. The summed E-state index contributed by atoms with van der Waals surface area (Å²) in [6.07, 6.45) is 0. The molecule has 0 saturated heterocycles. The average Bonchev–Trinajstić information content (AvgIpc) is 2.47. The number of methoxy groups -OCH3 is 1. The van der Waals surface area contributed by atoms with Gasteiger partial charge in [0, 0.05) is 18.7 Å². The third kappa shape index (κ3) is 3.56. The molecule has 0 fully saturated rings. The van der Waals surface area contributed by atoms with Gasteiger partial charge in [-0.05, 0) is 38.5 Å². The molecule has 0 aromatic heterocycles. The van der Waals surface area contributed by atoms with Crippen LogP contribution < -0.4 is 0 Å². The van der Waals surface area contributed by atoms with Gasteiger partial charge in [-0.3, -0.25) is 9.59 Å². The van der Waals surface area contributed by atoms with Crippen molar-refractivity contribution in [2.75, 3.05) is 20.2 Å². The Hall–Kier alpha value is -1.84. The van der Waals surface area contributed by atoms with E-state index < -0.39 is 0 Å². The largest absolute Gasteiger partial charge is 0.469 e. The highest BCUT2D eigenvalue weighted by Crippen LogP contribution is 2.18. The van der Waals surface area contributed by atoms with Crippen LogP contribution in [0.2, 0.25) is 0 Å². The second-order valence-corrected chi connectivity index (χ2v) is 4.34. The summed E-state index contributed by atoms with van der Waals surface area (Å²) in [6.45, 7) is 7.07. The molecule has 0 spiro atoms. The topological polar surface area (TPSA) is 46.6 Å². The van der Waals surface area contributed by atoms with Crippen molar-refractivity contribution < 1.29 is 14.3 Å². The normalized spacial score (nSPS) is 11.8. The van der Waals surface area contributed by atoms with Crippen molar-refractivity contribution in [1.29, 1.82) is 0 Å². The van der Waals surface area contributed by atoms with Gasteiger partial charge >= 0.3 is 5.97 Å². The number of rotatable bonds is 5. The summed E-state index contributed by atoms with van der Waals surface area (Å²) < 4.78 is 4.70. The number of hydrogen-bond acceptors (Lipinski definition) is 3. The van der Waals surface area contributed by atoms with Crippen LogP contribution in [0.25, 0.3) is 0 Å². The van der Waals surface area contributed by atoms with Crippen molar-refractivity contribution in [3.8, 4) is 0 Å². The first-order chi connectivity index (χ1) is 9.04. The molecule has 1 amide bonds. The lowest BCUT2D eigenvalue weighted by Gasteiger charge is -2.19. The maximum atomic E-state index is 12.1. The maximum absolute atomic E-state index is 12.1. The zero-order valence-corrected chi connectivity index (χ0v) is 12.0. The lowest BCUT2D eigenvalue weighted by molar-refractivity contribution is -0.141. The van der Waals surface area contributed by atoms with E-state index in [1.54, 1.807) is 36.1 Å². The lowest BCUT2D eigenvalue weighted by atomic mass is 10.00. The summed E-state index contributed by atoms with van der Waals surface area (Å²) in [7, 11) is 1.37. The summed E-state index contributed by atoms with van der Waals surface area (Å²) in [5, 5.41) is 0. The number of carbonyl (C=O) groups is 2. The molecule has 0 aliphatic heterocycles. The van der Waals surface area contributed by atoms with Crippen LogP contribution >= 0.6 is 0 Å². The Morgan fingerprint density at radius 1 is 1.16 bits per heavy atom. The molecule has 0 bridgehead atoms. The van der Waals surface area contributed by atoms with Gasteiger partial charge in [0.25, 0.3) is 5.91 Å². The molecule has 0 radical (unpaired) electrons. The molecule has 0 saturated carbocycles. The molecule has 104 valence electrons. The maximum Gasteiger partial charge on any atom is 0.312 e. The fourth-order valence-electron chi connectivity index (χ4n) is 1.92. The van der Waals surface area contributed by atoms with Gasteiger partial charge in [-0.15, -0.1) is 0 Å². The van der Waals surface area contributed by atoms with Gasteiger partial charge in [-0.1, -0.05) is 12.1 Å². The van der Waals surface area contributed by atoms with E-state index in [1.807, 2.05) is 13.8 Å². The van der Waals surface area contributed by atoms with E-state index in [0.29, 0.717) is 18.7 Å². The summed E-state index contributed by atoms with van der Waals surface area (Å²) >= 11 is 0. The first kappa shape index (κ1) is 15.2. The molecule has 0 aliphatic rings. The molecule has 1 atom stereocenters. The van der Waals surface area contributed by atoms with E-state index in [0.717, 1.165) is 5.56 Å². The minimum absolute atomic E-state index is 0.0160. The van der Waals surface area contributed by atoms with Crippen molar-refractivity contribution in [2.24, 2.45) is 0 Å². The Labute approximate surface area is 114 Å². The number of hydrogen-bond donors (Lipinski definition) is 0. The van der Waals surface area contributed by atoms with Crippen LogP contribution in [0.1, 0.15) is 42.6 Å². The SMILES string of the molecule is CCN(CC)C(=O)c1ccc(C(C)C(=O)OC)cc1. The average molecular weight is 263 g/mol. The molecule has 1 aromatic rings. The highest BCUT2D eigenvalue weighted by molar-refractivity contribution is 5.94. The van der Waals surface area contributed by atoms with E-state index in [4.69, 9.17) is 4.74 Å². The second kappa shape index (κ2) is 6.92. The molecule has 0 N–H and O–H groups in total. The number of esters is 1. The Morgan fingerprint density at radius 2 is 1.68 bits per heavy atom. The van der Waals surface area contributed by atoms with Gasteiger partial charge in [-0.2, -0.15) is 0 Å². The molecule has 0 aliphatic carbocycles. The van der Waals surface area contributed by atoms with E-state index >= 15 is 0 Å². The standard InChI is InChI=1S/C15H21NO3/c1-5-16(6-2)14(17)13-9-7-12(8-10-13)11(3)15(18)19-4/h7-11H,5-6H2,1-4H3. The van der Waals surface area contributed by atoms with Crippen LogP contribution in [0.3, 0.4) is 0 Å². The van der Waals surface area contributed by atoms with Crippen LogP contribution in [0.15, 0.2) is 24.3 Å². The molecule has 19 heavy (non-hydrogen) atoms. The quantitative estimate of drug-likeness (QED) is 0.767. The molecular weight excluding hydrogens is 242 g/mol. The van der Waals surface area contributed by atoms with Gasteiger partial charge in [0.1, 0.15) is 0 Å². The van der Waals surface area contributed by atoms with E-state index in [-0.39, 0.29) is 17.8 Å². The Bertz CT molecular complexity index is 435. The molecule has 1 aromatic carbocycles. The number of nitrogens with zero attached hydrogens (tertiary/aromatic N) is 1. The highest BCUT2D eigenvalue weighted by Gasteiger charge is 2.17. The molecule has 1 rings (SSSR count). The van der Waals surface area contributed by atoms with Crippen LogP contribution in [0.5, 0.6) is 0 Å². The number of carbonyl (C=O) groups excluding carboxylic acids is 2. The summed E-state index contributed by atoms with van der Waals surface area (Å²) in [6, 6.07) is 7.13. The summed E-state index contributed by atoms with van der Waals surface area (Å²) in [4.78, 5) is 25.3. The van der Waals surface area contributed by atoms with Crippen LogP contribution in [-0.2, 0) is 9.53 Å². The predicted molar refractivity (Wildman–Crippen MR) is 74.1 cm³/mol. The first-order valence-electron chi connectivity index (χ1n) is 6.52. The third-order valence-corrected chi connectivity index (χ3v) is 3.26. The van der Waals surface area contributed by atoms with Crippen molar-refractivity contribution >= 4 is 11.9 Å². The Morgan fingerprint density at radius 3 is 2.11 bits per heavy atom. The minimum atomic E-state index is -0.317. The predicted octanol–water partition coefficient (Wildman–Crippen LogP) is 2.45. The molecular formula is C15H21NO3. The van der Waals surface area contributed by atoms with Crippen LogP contribution in [-0.4, -0.2) is 37.0 Å². The monoisotopic (exact) mass is 263 g/mol. The van der Waals surface area contributed by atoms with Crippen molar-refractivity contribution in [3.05, 3.63) is 35.4 Å². The molecule has 1 unspecified atom stereocenters.